The Morgan fingerprint density at radius 2 is 1.65 bits per heavy atom. The van der Waals surface area contributed by atoms with E-state index in [0.29, 0.717) is 5.56 Å². The second-order valence-electron chi connectivity index (χ2n) is 6.67. The van der Waals surface area contributed by atoms with E-state index in [1.54, 1.807) is 0 Å². The van der Waals surface area contributed by atoms with Crippen molar-refractivity contribution in [3.05, 3.63) is 52.3 Å². The standard InChI is InChI=1S/C21H25NO4/c1-13-6-8-18(10-14(13)2)22-15(3)11-19(17(22)5)20(24)12-26-21(25)9-7-16(4)23/h6,8,10-11H,7,9,12H2,1-5H3. The molecule has 5 heteroatoms. The fraction of sp³-hybridized carbons (Fsp3) is 0.381. The van der Waals surface area contributed by atoms with Gasteiger partial charge < -0.3 is 14.1 Å². The molecule has 0 unspecified atom stereocenters. The Labute approximate surface area is 154 Å². The number of hydrogen-bond acceptors (Lipinski definition) is 4. The lowest BCUT2D eigenvalue weighted by molar-refractivity contribution is -0.143. The topological polar surface area (TPSA) is 65.4 Å². The van der Waals surface area contributed by atoms with E-state index in [1.807, 2.05) is 30.5 Å². The molecule has 0 aliphatic heterocycles. The van der Waals surface area contributed by atoms with Gasteiger partial charge in [-0.15, -0.1) is 0 Å². The largest absolute Gasteiger partial charge is 0.457 e. The van der Waals surface area contributed by atoms with E-state index in [1.165, 1.54) is 18.1 Å². The summed E-state index contributed by atoms with van der Waals surface area (Å²) in [5, 5.41) is 0. The number of Topliss-reactive ketones (excluding diaryl/α,β-unsaturated/α-hetero) is 2. The average molecular weight is 355 g/mol. The van der Waals surface area contributed by atoms with E-state index in [9.17, 15) is 14.4 Å². The molecule has 26 heavy (non-hydrogen) atoms. The molecular weight excluding hydrogens is 330 g/mol. The summed E-state index contributed by atoms with van der Waals surface area (Å²) in [5.41, 5.74) is 5.69. The number of benzene rings is 1. The van der Waals surface area contributed by atoms with Crippen molar-refractivity contribution in [2.24, 2.45) is 0 Å². The minimum absolute atomic E-state index is 0.00424. The average Bonchev–Trinajstić information content (AvgIpc) is 2.88. The second kappa shape index (κ2) is 8.13. The van der Waals surface area contributed by atoms with Crippen LogP contribution in [-0.2, 0) is 14.3 Å². The van der Waals surface area contributed by atoms with Crippen LogP contribution < -0.4 is 0 Å². The minimum Gasteiger partial charge on any atom is -0.457 e. The Balaban J connectivity index is 2.16. The van der Waals surface area contributed by atoms with Crippen molar-refractivity contribution in [3.8, 4) is 5.69 Å². The Morgan fingerprint density at radius 3 is 2.27 bits per heavy atom. The lowest BCUT2D eigenvalue weighted by Gasteiger charge is -2.12. The lowest BCUT2D eigenvalue weighted by atomic mass is 10.1. The van der Waals surface area contributed by atoms with Crippen LogP contribution in [0.3, 0.4) is 0 Å². The van der Waals surface area contributed by atoms with Crippen molar-refractivity contribution < 1.29 is 19.1 Å². The van der Waals surface area contributed by atoms with Gasteiger partial charge in [0, 0.05) is 29.1 Å². The molecule has 2 aromatic rings. The van der Waals surface area contributed by atoms with Gasteiger partial charge in [0.1, 0.15) is 5.78 Å². The first-order valence-electron chi connectivity index (χ1n) is 8.65. The summed E-state index contributed by atoms with van der Waals surface area (Å²) in [4.78, 5) is 35.0. The highest BCUT2D eigenvalue weighted by molar-refractivity contribution is 5.99. The van der Waals surface area contributed by atoms with Crippen LogP contribution in [0.15, 0.2) is 24.3 Å². The molecule has 0 atom stereocenters. The molecule has 138 valence electrons. The summed E-state index contributed by atoms with van der Waals surface area (Å²) in [7, 11) is 0. The van der Waals surface area contributed by atoms with Crippen molar-refractivity contribution >= 4 is 17.5 Å². The quantitative estimate of drug-likeness (QED) is 0.560. The van der Waals surface area contributed by atoms with Crippen LogP contribution in [-0.4, -0.2) is 28.7 Å². The highest BCUT2D eigenvalue weighted by Gasteiger charge is 2.18. The normalized spacial score (nSPS) is 10.7. The molecule has 0 amide bonds. The molecule has 5 nitrogen and oxygen atoms in total. The van der Waals surface area contributed by atoms with Crippen LogP contribution in [0.2, 0.25) is 0 Å². The van der Waals surface area contributed by atoms with E-state index < -0.39 is 5.97 Å². The van der Waals surface area contributed by atoms with Crippen LogP contribution >= 0.6 is 0 Å². The van der Waals surface area contributed by atoms with Gasteiger partial charge in [-0.3, -0.25) is 9.59 Å². The molecule has 0 N–H and O–H groups in total. The van der Waals surface area contributed by atoms with Gasteiger partial charge in [0.25, 0.3) is 0 Å². The Kier molecular flexibility index (Phi) is 6.14. The summed E-state index contributed by atoms with van der Waals surface area (Å²) in [6, 6.07) is 7.99. The minimum atomic E-state index is -0.531. The van der Waals surface area contributed by atoms with Crippen molar-refractivity contribution in [3.63, 3.8) is 0 Å². The van der Waals surface area contributed by atoms with Gasteiger partial charge in [-0.25, -0.2) is 0 Å². The predicted octanol–water partition coefficient (Wildman–Crippen LogP) is 3.81. The Bertz CT molecular complexity index is 861. The number of esters is 1. The number of carbonyl (C=O) groups excluding carboxylic acids is 3. The molecule has 0 spiro atoms. The molecule has 1 aromatic heterocycles. The third kappa shape index (κ3) is 4.48. The zero-order valence-corrected chi connectivity index (χ0v) is 16.0. The first-order chi connectivity index (χ1) is 12.2. The summed E-state index contributed by atoms with van der Waals surface area (Å²) in [5.74, 6) is -0.855. The molecule has 1 heterocycles. The monoisotopic (exact) mass is 355 g/mol. The van der Waals surface area contributed by atoms with Crippen LogP contribution in [0.25, 0.3) is 5.69 Å². The first-order valence-corrected chi connectivity index (χ1v) is 8.65. The van der Waals surface area contributed by atoms with Gasteiger partial charge in [0.2, 0.25) is 5.78 Å². The van der Waals surface area contributed by atoms with Gasteiger partial charge in [0.15, 0.2) is 6.61 Å². The van der Waals surface area contributed by atoms with Crippen LogP contribution in [0.1, 0.15) is 52.6 Å². The van der Waals surface area contributed by atoms with Gasteiger partial charge in [0.05, 0.1) is 6.42 Å². The zero-order valence-electron chi connectivity index (χ0n) is 16.0. The molecular formula is C21H25NO4. The molecule has 0 bridgehead atoms. The van der Waals surface area contributed by atoms with Crippen molar-refractivity contribution in [2.45, 2.75) is 47.5 Å². The van der Waals surface area contributed by atoms with Gasteiger partial charge in [-0.1, -0.05) is 6.07 Å². The second-order valence-corrected chi connectivity index (χ2v) is 6.67. The fourth-order valence-corrected chi connectivity index (χ4v) is 2.88. The number of carbonyl (C=O) groups is 3. The third-order valence-electron chi connectivity index (χ3n) is 4.53. The first kappa shape index (κ1) is 19.6. The molecule has 1 aromatic carbocycles. The van der Waals surface area contributed by atoms with Crippen LogP contribution in [0, 0.1) is 27.7 Å². The smallest absolute Gasteiger partial charge is 0.306 e. The molecule has 0 saturated heterocycles. The van der Waals surface area contributed by atoms with Crippen LogP contribution in [0.4, 0.5) is 0 Å². The number of aryl methyl sites for hydroxylation is 3. The Morgan fingerprint density at radius 1 is 0.962 bits per heavy atom. The van der Waals surface area contributed by atoms with E-state index in [0.717, 1.165) is 17.1 Å². The van der Waals surface area contributed by atoms with E-state index >= 15 is 0 Å². The number of ether oxygens (including phenoxy) is 1. The number of ketones is 2. The number of aromatic nitrogens is 1. The lowest BCUT2D eigenvalue weighted by Crippen LogP contribution is -2.15. The Hall–Kier alpha value is -2.69. The molecule has 0 aliphatic rings. The van der Waals surface area contributed by atoms with Gasteiger partial charge in [-0.05, 0) is 63.9 Å². The summed E-state index contributed by atoms with van der Waals surface area (Å²) >= 11 is 0. The maximum absolute atomic E-state index is 12.5. The fourth-order valence-electron chi connectivity index (χ4n) is 2.88. The summed E-state index contributed by atoms with van der Waals surface area (Å²) in [6.45, 7) is 9.04. The zero-order chi connectivity index (χ0) is 19.4. The molecule has 0 saturated carbocycles. The van der Waals surface area contributed by atoms with Crippen LogP contribution in [0.5, 0.6) is 0 Å². The number of rotatable bonds is 7. The van der Waals surface area contributed by atoms with E-state index in [2.05, 4.69) is 26.0 Å². The summed E-state index contributed by atoms with van der Waals surface area (Å²) in [6.07, 6.45) is 0.137. The molecule has 2 rings (SSSR count). The van der Waals surface area contributed by atoms with Crippen molar-refractivity contribution in [1.29, 1.82) is 0 Å². The van der Waals surface area contributed by atoms with E-state index in [4.69, 9.17) is 4.74 Å². The maximum Gasteiger partial charge on any atom is 0.306 e. The predicted molar refractivity (Wildman–Crippen MR) is 99.9 cm³/mol. The molecule has 0 fully saturated rings. The molecule has 0 aliphatic carbocycles. The van der Waals surface area contributed by atoms with Gasteiger partial charge in [-0.2, -0.15) is 0 Å². The number of hydrogen-bond donors (Lipinski definition) is 0. The highest BCUT2D eigenvalue weighted by atomic mass is 16.5. The van der Waals surface area contributed by atoms with Gasteiger partial charge >= 0.3 is 5.97 Å². The van der Waals surface area contributed by atoms with Crippen molar-refractivity contribution in [2.75, 3.05) is 6.61 Å². The van der Waals surface area contributed by atoms with Crippen molar-refractivity contribution in [1.82, 2.24) is 4.57 Å². The SMILES string of the molecule is CC(=O)CCC(=O)OCC(=O)c1cc(C)n(-c2ccc(C)c(C)c2)c1C. The molecule has 0 radical (unpaired) electrons. The number of nitrogens with zero attached hydrogens (tertiary/aromatic N) is 1. The maximum atomic E-state index is 12.5. The highest BCUT2D eigenvalue weighted by Crippen LogP contribution is 2.23. The van der Waals surface area contributed by atoms with E-state index in [-0.39, 0.29) is 31.0 Å². The summed E-state index contributed by atoms with van der Waals surface area (Å²) < 4.78 is 7.03. The third-order valence-corrected chi connectivity index (χ3v) is 4.53.